The smallest absolute Gasteiger partial charge is 0.251 e. The number of nitrogens with zero attached hydrogens (tertiary/aromatic N) is 2. The van der Waals surface area contributed by atoms with E-state index in [1.54, 1.807) is 29.0 Å². The highest BCUT2D eigenvalue weighted by Crippen LogP contribution is 2.21. The Morgan fingerprint density at radius 1 is 1.00 bits per heavy atom. The fourth-order valence-corrected chi connectivity index (χ4v) is 4.97. The summed E-state index contributed by atoms with van der Waals surface area (Å²) in [4.78, 5) is 24.2. The van der Waals surface area contributed by atoms with E-state index >= 15 is 0 Å². The normalized spacial score (nSPS) is 15.2. The average Bonchev–Trinajstić information content (AvgIpc) is 2.75. The number of carbonyl (C=O) groups is 1. The Morgan fingerprint density at radius 3 is 2.55 bits per heavy atom. The number of sulfonamides is 1. The molecule has 1 saturated heterocycles. The van der Waals surface area contributed by atoms with Gasteiger partial charge in [0.2, 0.25) is 15.6 Å². The summed E-state index contributed by atoms with van der Waals surface area (Å²) in [6, 6.07) is 11.3. The van der Waals surface area contributed by atoms with Crippen molar-refractivity contribution in [3.8, 4) is 0 Å². The number of aryl methyl sites for hydroxylation is 1. The van der Waals surface area contributed by atoms with Crippen molar-refractivity contribution in [2.75, 3.05) is 19.6 Å². The van der Waals surface area contributed by atoms with Crippen LogP contribution in [0.5, 0.6) is 0 Å². The van der Waals surface area contributed by atoms with Gasteiger partial charge in [-0.15, -0.1) is 0 Å². The van der Waals surface area contributed by atoms with E-state index in [1.807, 2.05) is 6.07 Å². The van der Waals surface area contributed by atoms with Crippen molar-refractivity contribution < 1.29 is 13.2 Å². The first kappa shape index (κ1) is 21.3. The Kier molecular flexibility index (Phi) is 7.22. The Labute approximate surface area is 171 Å². The number of piperidine rings is 1. The lowest BCUT2D eigenvalue weighted by molar-refractivity contribution is 0.0952. The fourth-order valence-electron chi connectivity index (χ4n) is 3.41. The predicted molar refractivity (Wildman–Crippen MR) is 111 cm³/mol. The van der Waals surface area contributed by atoms with Gasteiger partial charge in [-0.2, -0.15) is 4.31 Å². The molecule has 1 aliphatic rings. The molecular formula is C21H27N3O4S. The summed E-state index contributed by atoms with van der Waals surface area (Å²) in [7, 11) is -3.56. The molecule has 1 amide bonds. The third kappa shape index (κ3) is 5.55. The SMILES string of the molecule is O=C(NCCCCn1ccccc1=O)c1cccc(S(=O)(=O)N2CCCCC2)c1. The quantitative estimate of drug-likeness (QED) is 0.667. The van der Waals surface area contributed by atoms with Crippen molar-refractivity contribution in [2.45, 2.75) is 43.5 Å². The lowest BCUT2D eigenvalue weighted by Crippen LogP contribution is -2.35. The Morgan fingerprint density at radius 2 is 1.79 bits per heavy atom. The fraction of sp³-hybridized carbons (Fsp3) is 0.429. The van der Waals surface area contributed by atoms with Crippen LogP contribution in [0.3, 0.4) is 0 Å². The second-order valence-electron chi connectivity index (χ2n) is 7.19. The minimum Gasteiger partial charge on any atom is -0.352 e. The van der Waals surface area contributed by atoms with E-state index in [1.165, 1.54) is 22.5 Å². The molecule has 3 rings (SSSR count). The second kappa shape index (κ2) is 9.84. The van der Waals surface area contributed by atoms with E-state index in [0.717, 1.165) is 32.1 Å². The molecule has 0 saturated carbocycles. The summed E-state index contributed by atoms with van der Waals surface area (Å²) in [6.45, 7) is 2.12. The van der Waals surface area contributed by atoms with Crippen LogP contribution in [0.4, 0.5) is 0 Å². The van der Waals surface area contributed by atoms with E-state index in [-0.39, 0.29) is 16.4 Å². The van der Waals surface area contributed by atoms with Crippen LogP contribution in [0.15, 0.2) is 58.4 Å². The van der Waals surface area contributed by atoms with Crippen LogP contribution < -0.4 is 10.9 Å². The van der Waals surface area contributed by atoms with Crippen LogP contribution in [0.1, 0.15) is 42.5 Å². The number of nitrogens with one attached hydrogen (secondary N) is 1. The van der Waals surface area contributed by atoms with Gasteiger partial charge in [0.25, 0.3) is 5.91 Å². The van der Waals surface area contributed by atoms with Crippen molar-refractivity contribution in [1.29, 1.82) is 0 Å². The maximum atomic E-state index is 12.8. The Bertz CT molecular complexity index is 995. The Balaban J connectivity index is 1.53. The molecule has 0 unspecified atom stereocenters. The molecule has 0 atom stereocenters. The molecule has 0 radical (unpaired) electrons. The average molecular weight is 418 g/mol. The first-order valence-electron chi connectivity index (χ1n) is 10.0. The summed E-state index contributed by atoms with van der Waals surface area (Å²) in [5.74, 6) is -0.294. The molecule has 0 aliphatic carbocycles. The van der Waals surface area contributed by atoms with Gasteiger partial charge in [0.15, 0.2) is 0 Å². The second-order valence-corrected chi connectivity index (χ2v) is 9.13. The number of unbranched alkanes of at least 4 members (excludes halogenated alkanes) is 1. The molecule has 0 bridgehead atoms. The molecule has 0 spiro atoms. The lowest BCUT2D eigenvalue weighted by Gasteiger charge is -2.26. The highest BCUT2D eigenvalue weighted by atomic mass is 32.2. The van der Waals surface area contributed by atoms with E-state index in [9.17, 15) is 18.0 Å². The number of aromatic nitrogens is 1. The summed E-state index contributed by atoms with van der Waals surface area (Å²) in [5.41, 5.74) is 0.297. The predicted octanol–water partition coefficient (Wildman–Crippen LogP) is 2.23. The van der Waals surface area contributed by atoms with Gasteiger partial charge in [-0.05, 0) is 49.9 Å². The van der Waals surface area contributed by atoms with Crippen LogP contribution >= 0.6 is 0 Å². The highest BCUT2D eigenvalue weighted by molar-refractivity contribution is 7.89. The van der Waals surface area contributed by atoms with Crippen LogP contribution in [0.2, 0.25) is 0 Å². The van der Waals surface area contributed by atoms with Crippen molar-refractivity contribution in [2.24, 2.45) is 0 Å². The third-order valence-corrected chi connectivity index (χ3v) is 6.95. The van der Waals surface area contributed by atoms with Gasteiger partial charge in [0.1, 0.15) is 0 Å². The molecule has 2 heterocycles. The number of carbonyl (C=O) groups excluding carboxylic acids is 1. The molecule has 1 aliphatic heterocycles. The number of amides is 1. The molecule has 1 aromatic carbocycles. The van der Waals surface area contributed by atoms with Gasteiger partial charge in [-0.1, -0.05) is 18.6 Å². The van der Waals surface area contributed by atoms with Gasteiger partial charge in [0, 0.05) is 44.0 Å². The lowest BCUT2D eigenvalue weighted by atomic mass is 10.2. The summed E-state index contributed by atoms with van der Waals surface area (Å²) in [5, 5.41) is 2.82. The number of hydrogen-bond acceptors (Lipinski definition) is 4. The van der Waals surface area contributed by atoms with E-state index in [2.05, 4.69) is 5.32 Å². The first-order valence-corrected chi connectivity index (χ1v) is 11.5. The van der Waals surface area contributed by atoms with Crippen molar-refractivity contribution in [3.05, 3.63) is 64.6 Å². The van der Waals surface area contributed by atoms with Crippen LogP contribution in [-0.2, 0) is 16.6 Å². The van der Waals surface area contributed by atoms with Crippen LogP contribution in [0, 0.1) is 0 Å². The molecule has 1 aromatic heterocycles. The molecule has 7 nitrogen and oxygen atoms in total. The molecule has 1 fully saturated rings. The van der Waals surface area contributed by atoms with Crippen molar-refractivity contribution >= 4 is 15.9 Å². The maximum absolute atomic E-state index is 12.8. The summed E-state index contributed by atoms with van der Waals surface area (Å²) < 4.78 is 28.7. The van der Waals surface area contributed by atoms with Crippen LogP contribution in [0.25, 0.3) is 0 Å². The minimum absolute atomic E-state index is 0.0386. The minimum atomic E-state index is -3.56. The zero-order valence-corrected chi connectivity index (χ0v) is 17.2. The van der Waals surface area contributed by atoms with Gasteiger partial charge < -0.3 is 9.88 Å². The molecular weight excluding hydrogens is 390 g/mol. The van der Waals surface area contributed by atoms with Crippen molar-refractivity contribution in [3.63, 3.8) is 0 Å². The van der Waals surface area contributed by atoms with Crippen LogP contribution in [-0.4, -0.2) is 42.8 Å². The number of rotatable bonds is 8. The maximum Gasteiger partial charge on any atom is 0.251 e. The van der Waals surface area contributed by atoms with Crippen molar-refractivity contribution in [1.82, 2.24) is 14.2 Å². The molecule has 8 heteroatoms. The number of hydrogen-bond donors (Lipinski definition) is 1. The van der Waals surface area contributed by atoms with Gasteiger partial charge in [-0.25, -0.2) is 8.42 Å². The van der Waals surface area contributed by atoms with Gasteiger partial charge in [-0.3, -0.25) is 9.59 Å². The zero-order chi connectivity index (χ0) is 20.7. The Hall–Kier alpha value is -2.45. The molecule has 1 N–H and O–H groups in total. The molecule has 156 valence electrons. The standard InChI is InChI=1S/C21H27N3O4S/c25-20-11-2-6-13-23(20)14-7-3-12-22-21(26)18-9-8-10-19(17-18)29(27,28)24-15-4-1-5-16-24/h2,6,8-11,13,17H,1,3-5,7,12,14-16H2,(H,22,26). The van der Waals surface area contributed by atoms with Gasteiger partial charge in [0.05, 0.1) is 4.90 Å². The zero-order valence-electron chi connectivity index (χ0n) is 16.4. The monoisotopic (exact) mass is 417 g/mol. The highest BCUT2D eigenvalue weighted by Gasteiger charge is 2.26. The third-order valence-electron chi connectivity index (χ3n) is 5.06. The summed E-state index contributed by atoms with van der Waals surface area (Å²) in [6.07, 6.45) is 6.01. The summed E-state index contributed by atoms with van der Waals surface area (Å²) >= 11 is 0. The number of pyridine rings is 1. The van der Waals surface area contributed by atoms with Gasteiger partial charge >= 0.3 is 0 Å². The first-order chi connectivity index (χ1) is 14.0. The van der Waals surface area contributed by atoms with E-state index in [0.29, 0.717) is 31.7 Å². The molecule has 2 aromatic rings. The van der Waals surface area contributed by atoms with E-state index in [4.69, 9.17) is 0 Å². The van der Waals surface area contributed by atoms with E-state index < -0.39 is 10.0 Å². The molecule has 29 heavy (non-hydrogen) atoms. The topological polar surface area (TPSA) is 88.5 Å². The largest absolute Gasteiger partial charge is 0.352 e. The number of benzene rings is 1.